The summed E-state index contributed by atoms with van der Waals surface area (Å²) in [6, 6.07) is 12.9. The van der Waals surface area contributed by atoms with Gasteiger partial charge in [0, 0.05) is 52.5 Å². The maximum Gasteiger partial charge on any atom is 0.273 e. The highest BCUT2D eigenvalue weighted by Crippen LogP contribution is 2.37. The number of aliphatic hydroxyl groups is 1. The number of aryl methyl sites for hydroxylation is 2. The topological polar surface area (TPSA) is 277 Å². The number of ether oxygens (including phenoxy) is 1. The molecule has 0 bridgehead atoms. The van der Waals surface area contributed by atoms with Gasteiger partial charge < -0.3 is 46.6 Å². The van der Waals surface area contributed by atoms with Crippen molar-refractivity contribution in [3.05, 3.63) is 77.3 Å². The van der Waals surface area contributed by atoms with Gasteiger partial charge in [0.25, 0.3) is 5.91 Å². The second kappa shape index (κ2) is 25.9. The summed E-state index contributed by atoms with van der Waals surface area (Å²) in [6.07, 6.45) is 6.91. The van der Waals surface area contributed by atoms with Gasteiger partial charge >= 0.3 is 0 Å². The van der Waals surface area contributed by atoms with E-state index in [0.29, 0.717) is 35.7 Å². The Morgan fingerprint density at radius 3 is 2.21 bits per heavy atom. The number of nitrogens with one attached hydrogen (secondary N) is 6. The van der Waals surface area contributed by atoms with Gasteiger partial charge in [0.05, 0.1) is 52.8 Å². The number of anilines is 3. The lowest BCUT2D eigenvalue weighted by Crippen LogP contribution is -2.57. The van der Waals surface area contributed by atoms with Crippen LogP contribution in [-0.2, 0) is 37.6 Å². The van der Waals surface area contributed by atoms with E-state index in [0.717, 1.165) is 53.8 Å². The largest absolute Gasteiger partial charge is 0.494 e. The zero-order chi connectivity index (χ0) is 52.7. The van der Waals surface area contributed by atoms with Gasteiger partial charge in [-0.15, -0.1) is 21.5 Å². The van der Waals surface area contributed by atoms with Gasteiger partial charge in [-0.3, -0.25) is 33.4 Å². The third-order valence-electron chi connectivity index (χ3n) is 12.3. The number of rotatable bonds is 24. The lowest BCUT2D eigenvalue weighted by Gasteiger charge is -2.35. The molecule has 1 fully saturated rings. The highest BCUT2D eigenvalue weighted by atomic mass is 32.1. The van der Waals surface area contributed by atoms with Gasteiger partial charge in [-0.1, -0.05) is 83.2 Å². The van der Waals surface area contributed by atoms with Crippen LogP contribution in [0.25, 0.3) is 21.8 Å². The highest BCUT2D eigenvalue weighted by Gasteiger charge is 2.44. The number of benzene rings is 2. The number of aliphatic hydroxyl groups excluding tert-OH is 1. The van der Waals surface area contributed by atoms with E-state index in [1.54, 1.807) is 47.6 Å². The molecule has 21 nitrogen and oxygen atoms in total. The number of likely N-dealkylation sites (tertiary alicyclic amines) is 1. The number of carbonyl (C=O) groups excluding carboxylic acids is 6. The molecular formula is C51H67N13O8S. The molecular weight excluding hydrogens is 955 g/mol. The fraction of sp³-hybridized carbons (Fsp3) is 0.471. The van der Waals surface area contributed by atoms with E-state index in [-0.39, 0.29) is 73.8 Å². The molecule has 6 amide bonds. The molecule has 0 unspecified atom stereocenters. The summed E-state index contributed by atoms with van der Waals surface area (Å²) in [5, 5.41) is 39.8. The molecule has 5 aromatic rings. The molecule has 0 aliphatic carbocycles. The van der Waals surface area contributed by atoms with E-state index in [2.05, 4.69) is 57.2 Å². The molecule has 0 saturated carbocycles. The monoisotopic (exact) mass is 1020 g/mol. The second-order valence-electron chi connectivity index (χ2n) is 19.1. The van der Waals surface area contributed by atoms with Crippen LogP contribution >= 0.6 is 11.3 Å². The molecule has 6 rings (SSSR count). The molecule has 0 spiro atoms. The van der Waals surface area contributed by atoms with Crippen molar-refractivity contribution in [1.82, 2.24) is 56.1 Å². The molecule has 0 radical (unpaired) electrons. The Kier molecular flexibility index (Phi) is 19.5. The number of carbonyl (C=O) groups is 6. The minimum Gasteiger partial charge on any atom is -0.494 e. The number of amides is 6. The summed E-state index contributed by atoms with van der Waals surface area (Å²) >= 11 is 1.57. The van der Waals surface area contributed by atoms with Crippen molar-refractivity contribution in [3.8, 4) is 27.6 Å². The van der Waals surface area contributed by atoms with E-state index in [9.17, 15) is 33.9 Å². The first-order chi connectivity index (χ1) is 34.9. The normalized spacial score (nSPS) is 14.8. The van der Waals surface area contributed by atoms with Crippen LogP contribution in [0.1, 0.15) is 107 Å². The predicted octanol–water partition coefficient (Wildman–Crippen LogP) is 5.19. The zero-order valence-electron chi connectivity index (χ0n) is 42.5. The van der Waals surface area contributed by atoms with Crippen LogP contribution < -0.4 is 36.6 Å². The van der Waals surface area contributed by atoms with E-state index in [1.165, 1.54) is 25.1 Å². The van der Waals surface area contributed by atoms with Crippen LogP contribution in [0.15, 0.2) is 60.4 Å². The number of hydrogen-bond acceptors (Lipinski definition) is 15. The fourth-order valence-corrected chi connectivity index (χ4v) is 9.21. The minimum absolute atomic E-state index is 0.0000115. The van der Waals surface area contributed by atoms with Crippen molar-refractivity contribution >= 4 is 64.0 Å². The van der Waals surface area contributed by atoms with Crippen LogP contribution in [-0.4, -0.2) is 121 Å². The van der Waals surface area contributed by atoms with Gasteiger partial charge in [-0.05, 0) is 48.4 Å². The number of aromatic nitrogens is 6. The Morgan fingerprint density at radius 2 is 1.58 bits per heavy atom. The van der Waals surface area contributed by atoms with E-state index in [1.807, 2.05) is 57.5 Å². The van der Waals surface area contributed by atoms with Gasteiger partial charge in [0.2, 0.25) is 29.5 Å². The lowest BCUT2D eigenvalue weighted by molar-refractivity contribution is -0.144. The standard InChI is InChI=1S/C51H67N13O8S/c1-31-45(73-30-56-31)33-22-20-32(21-23-33)26-54-48(69)38-24-34(65)28-64(38)50(71)46(51(2,3)4)59-41(67)19-14-12-10-8-9-11-13-18-40(66)53-27-42(68)58-39-25-37(43(61-60-39)49(70)52-5)57-36-17-15-16-35(44(36)72-7)47-55-29-63(6)62-47/h15-17,20-23,25,29-30,34,38,46,65H,8-14,18-19,24,26-28H2,1-7H3,(H,52,70)(H,53,66)(H,54,69)(H,59,67)(H2,57,58,60,68)/t34-,38+,46-/m1/s1. The molecule has 3 aromatic heterocycles. The lowest BCUT2D eigenvalue weighted by atomic mass is 9.85. The number of hydrogen-bond donors (Lipinski definition) is 7. The smallest absolute Gasteiger partial charge is 0.273 e. The quantitative estimate of drug-likeness (QED) is 0.0392. The molecule has 1 saturated heterocycles. The Balaban J connectivity index is 0.866. The number of thiazole rings is 1. The first-order valence-electron chi connectivity index (χ1n) is 24.5. The SMILES string of the molecule is CNC(=O)c1nnc(NC(=O)CNC(=O)CCCCCCCCCC(=O)N[C@H](C(=O)N2C[C@H](O)C[C@H]2C(=O)NCc2ccc(-c3scnc3C)cc2)C(C)(C)C)cc1Nc1cccc(-c2ncn(C)n2)c1OC. The maximum absolute atomic E-state index is 14.0. The number of β-amino-alcohol motifs (C(OH)–C–C–N with tert-alkyl or cyclic N) is 1. The third kappa shape index (κ3) is 15.3. The number of methoxy groups -OCH3 is 1. The van der Waals surface area contributed by atoms with Crippen molar-refractivity contribution in [3.63, 3.8) is 0 Å². The van der Waals surface area contributed by atoms with Crippen molar-refractivity contribution in [2.24, 2.45) is 12.5 Å². The fourth-order valence-electron chi connectivity index (χ4n) is 8.40. The average Bonchev–Trinajstić information content (AvgIpc) is 4.12. The summed E-state index contributed by atoms with van der Waals surface area (Å²) in [5.41, 5.74) is 5.34. The predicted molar refractivity (Wildman–Crippen MR) is 277 cm³/mol. The number of nitrogens with zero attached hydrogens (tertiary/aromatic N) is 7. The Labute approximate surface area is 429 Å². The van der Waals surface area contributed by atoms with Crippen LogP contribution in [0.2, 0.25) is 0 Å². The zero-order valence-corrected chi connectivity index (χ0v) is 43.4. The van der Waals surface area contributed by atoms with Crippen LogP contribution in [0.3, 0.4) is 0 Å². The van der Waals surface area contributed by atoms with Gasteiger partial charge in [-0.2, -0.15) is 5.10 Å². The average molecular weight is 1020 g/mol. The molecule has 73 heavy (non-hydrogen) atoms. The minimum atomic E-state index is -0.897. The summed E-state index contributed by atoms with van der Waals surface area (Å²) in [6.45, 7) is 7.51. The Morgan fingerprint density at radius 1 is 0.877 bits per heavy atom. The summed E-state index contributed by atoms with van der Waals surface area (Å²) in [7, 11) is 4.71. The van der Waals surface area contributed by atoms with Gasteiger partial charge in [0.1, 0.15) is 18.4 Å². The molecule has 390 valence electrons. The van der Waals surface area contributed by atoms with E-state index in [4.69, 9.17) is 4.74 Å². The molecule has 22 heteroatoms. The van der Waals surface area contributed by atoms with Crippen molar-refractivity contribution in [2.45, 2.75) is 117 Å². The molecule has 1 aliphatic heterocycles. The van der Waals surface area contributed by atoms with E-state index >= 15 is 0 Å². The van der Waals surface area contributed by atoms with E-state index < -0.39 is 41.3 Å². The van der Waals surface area contributed by atoms with Gasteiger partial charge in [-0.25, -0.2) is 9.97 Å². The van der Waals surface area contributed by atoms with Crippen molar-refractivity contribution in [2.75, 3.05) is 37.9 Å². The molecule has 4 heterocycles. The molecule has 2 aromatic carbocycles. The summed E-state index contributed by atoms with van der Waals surface area (Å²) in [4.78, 5) is 89.9. The Hall–Kier alpha value is -7.33. The maximum atomic E-state index is 14.0. The van der Waals surface area contributed by atoms with Crippen LogP contribution in [0.4, 0.5) is 17.2 Å². The number of para-hydroxylation sites is 1. The summed E-state index contributed by atoms with van der Waals surface area (Å²) < 4.78 is 7.25. The second-order valence-corrected chi connectivity index (χ2v) is 19.9. The molecule has 1 aliphatic rings. The van der Waals surface area contributed by atoms with Crippen LogP contribution in [0.5, 0.6) is 5.75 Å². The highest BCUT2D eigenvalue weighted by molar-refractivity contribution is 7.13. The summed E-state index contributed by atoms with van der Waals surface area (Å²) in [5.74, 6) is -1.43. The van der Waals surface area contributed by atoms with Crippen molar-refractivity contribution < 1.29 is 38.6 Å². The Bertz CT molecular complexity index is 2720. The first kappa shape index (κ1) is 55.0. The number of unbranched alkanes of at least 4 members (excludes halogenated alkanes) is 6. The van der Waals surface area contributed by atoms with Crippen LogP contribution in [0, 0.1) is 12.3 Å². The third-order valence-corrected chi connectivity index (χ3v) is 13.3. The molecule has 7 N–H and O–H groups in total. The first-order valence-corrected chi connectivity index (χ1v) is 25.3. The molecule has 3 atom stereocenters. The van der Waals surface area contributed by atoms with Gasteiger partial charge in [0.15, 0.2) is 23.1 Å². The van der Waals surface area contributed by atoms with Crippen molar-refractivity contribution in [1.29, 1.82) is 0 Å².